The SMILES string of the molecule is C(=C\c1ccc2cc(-c3cccc(N(c4ccccc4)c4ccccc4)n3)ccc2c1)/c1ccc2cc(CN(c3ccccc3)c3ccccc3)ccc2c1. The Bertz CT molecular complexity index is 2650. The van der Waals surface area contributed by atoms with E-state index in [4.69, 9.17) is 4.98 Å². The van der Waals surface area contributed by atoms with Gasteiger partial charge in [-0.05, 0) is 123 Å². The second-order valence-corrected chi connectivity index (χ2v) is 13.7. The zero-order chi connectivity index (χ0) is 36.8. The van der Waals surface area contributed by atoms with E-state index in [1.165, 1.54) is 49.6 Å². The van der Waals surface area contributed by atoms with Crippen LogP contribution in [0.1, 0.15) is 16.7 Å². The Morgan fingerprint density at radius 3 is 1.42 bits per heavy atom. The number of nitrogens with zero attached hydrogens (tertiary/aromatic N) is 3. The van der Waals surface area contributed by atoms with Crippen molar-refractivity contribution in [1.29, 1.82) is 0 Å². The van der Waals surface area contributed by atoms with Gasteiger partial charge in [0, 0.05) is 34.9 Å². The first-order valence-corrected chi connectivity index (χ1v) is 18.7. The highest BCUT2D eigenvalue weighted by Crippen LogP contribution is 2.35. The van der Waals surface area contributed by atoms with Crippen molar-refractivity contribution in [2.75, 3.05) is 9.80 Å². The summed E-state index contributed by atoms with van der Waals surface area (Å²) < 4.78 is 0. The van der Waals surface area contributed by atoms with Crippen LogP contribution in [0.5, 0.6) is 0 Å². The number of fused-ring (bicyclic) bond motifs is 2. The molecule has 0 atom stereocenters. The fourth-order valence-corrected chi connectivity index (χ4v) is 7.24. The molecule has 0 unspecified atom stereocenters. The van der Waals surface area contributed by atoms with E-state index in [1.807, 2.05) is 12.1 Å². The van der Waals surface area contributed by atoms with E-state index >= 15 is 0 Å². The van der Waals surface area contributed by atoms with E-state index in [0.29, 0.717) is 0 Å². The lowest BCUT2D eigenvalue weighted by molar-refractivity contribution is 0.978. The zero-order valence-electron chi connectivity index (χ0n) is 30.4. The minimum atomic E-state index is 0.791. The lowest BCUT2D eigenvalue weighted by Crippen LogP contribution is -2.16. The van der Waals surface area contributed by atoms with E-state index in [2.05, 4.69) is 222 Å². The molecule has 262 valence electrons. The number of aromatic nitrogens is 1. The van der Waals surface area contributed by atoms with Crippen LogP contribution in [0.2, 0.25) is 0 Å². The summed E-state index contributed by atoms with van der Waals surface area (Å²) in [6, 6.07) is 75.0. The normalized spacial score (nSPS) is 11.3. The molecule has 9 rings (SSSR count). The van der Waals surface area contributed by atoms with Gasteiger partial charge in [0.25, 0.3) is 0 Å². The van der Waals surface area contributed by atoms with Gasteiger partial charge in [0.1, 0.15) is 5.82 Å². The van der Waals surface area contributed by atoms with Crippen molar-refractivity contribution < 1.29 is 0 Å². The number of hydrogen-bond donors (Lipinski definition) is 0. The van der Waals surface area contributed by atoms with Crippen molar-refractivity contribution in [1.82, 2.24) is 4.98 Å². The molecule has 0 spiro atoms. The first-order valence-electron chi connectivity index (χ1n) is 18.7. The lowest BCUT2D eigenvalue weighted by atomic mass is 10.0. The van der Waals surface area contributed by atoms with Crippen molar-refractivity contribution in [2.45, 2.75) is 6.54 Å². The monoisotopic (exact) mass is 705 g/mol. The first-order chi connectivity index (χ1) is 27.2. The molecular weight excluding hydrogens is 667 g/mol. The maximum Gasteiger partial charge on any atom is 0.138 e. The van der Waals surface area contributed by atoms with Crippen LogP contribution in [0, 0.1) is 0 Å². The molecule has 3 heteroatoms. The number of para-hydroxylation sites is 4. The first kappa shape index (κ1) is 33.6. The zero-order valence-corrected chi connectivity index (χ0v) is 30.4. The van der Waals surface area contributed by atoms with Crippen LogP contribution < -0.4 is 9.80 Å². The molecule has 0 aliphatic carbocycles. The van der Waals surface area contributed by atoms with Crippen LogP contribution in [0.4, 0.5) is 28.6 Å². The molecule has 0 fully saturated rings. The predicted octanol–water partition coefficient (Wildman–Crippen LogP) is 14.0. The molecule has 1 aromatic heterocycles. The Balaban J connectivity index is 0.930. The molecule has 0 saturated heterocycles. The van der Waals surface area contributed by atoms with Gasteiger partial charge < -0.3 is 4.90 Å². The molecule has 8 aromatic carbocycles. The number of anilines is 5. The molecule has 1 heterocycles. The Hall–Kier alpha value is -7.23. The second kappa shape index (κ2) is 15.4. The average molecular weight is 706 g/mol. The van der Waals surface area contributed by atoms with Crippen molar-refractivity contribution >= 4 is 62.3 Å². The molecule has 55 heavy (non-hydrogen) atoms. The van der Waals surface area contributed by atoms with Crippen molar-refractivity contribution in [3.63, 3.8) is 0 Å². The van der Waals surface area contributed by atoms with Gasteiger partial charge >= 0.3 is 0 Å². The smallest absolute Gasteiger partial charge is 0.138 e. The highest BCUT2D eigenvalue weighted by molar-refractivity contribution is 5.91. The highest BCUT2D eigenvalue weighted by atomic mass is 15.2. The second-order valence-electron chi connectivity index (χ2n) is 13.7. The van der Waals surface area contributed by atoms with Crippen molar-refractivity contribution in [3.8, 4) is 11.3 Å². The van der Waals surface area contributed by atoms with Crippen LogP contribution in [0.3, 0.4) is 0 Å². The molecule has 0 amide bonds. The Morgan fingerprint density at radius 2 is 0.855 bits per heavy atom. The van der Waals surface area contributed by atoms with Crippen molar-refractivity contribution in [3.05, 3.63) is 229 Å². The van der Waals surface area contributed by atoms with Gasteiger partial charge in [0.2, 0.25) is 0 Å². The van der Waals surface area contributed by atoms with Gasteiger partial charge in [-0.1, -0.05) is 140 Å². The Kier molecular flexibility index (Phi) is 9.41. The van der Waals surface area contributed by atoms with E-state index in [1.54, 1.807) is 0 Å². The van der Waals surface area contributed by atoms with Crippen molar-refractivity contribution in [2.24, 2.45) is 0 Å². The van der Waals surface area contributed by atoms with Gasteiger partial charge in [0.05, 0.1) is 5.69 Å². The predicted molar refractivity (Wildman–Crippen MR) is 233 cm³/mol. The highest BCUT2D eigenvalue weighted by Gasteiger charge is 2.15. The summed E-state index contributed by atoms with van der Waals surface area (Å²) in [6.45, 7) is 0.791. The van der Waals surface area contributed by atoms with Gasteiger partial charge in [-0.25, -0.2) is 4.98 Å². The molecule has 3 nitrogen and oxygen atoms in total. The van der Waals surface area contributed by atoms with Gasteiger partial charge in [-0.3, -0.25) is 4.90 Å². The molecule has 0 N–H and O–H groups in total. The molecule has 0 radical (unpaired) electrons. The van der Waals surface area contributed by atoms with Gasteiger partial charge in [0.15, 0.2) is 0 Å². The molecule has 0 aliphatic rings. The summed E-state index contributed by atoms with van der Waals surface area (Å²) in [6.07, 6.45) is 4.41. The quantitative estimate of drug-likeness (QED) is 0.132. The topological polar surface area (TPSA) is 19.4 Å². The Morgan fingerprint density at radius 1 is 0.382 bits per heavy atom. The van der Waals surface area contributed by atoms with Crippen LogP contribution in [0.25, 0.3) is 45.0 Å². The molecule has 0 bridgehead atoms. The Labute approximate surface area is 322 Å². The largest absolute Gasteiger partial charge is 0.337 e. The third kappa shape index (κ3) is 7.50. The average Bonchev–Trinajstić information content (AvgIpc) is 3.26. The number of benzene rings is 8. The summed E-state index contributed by atoms with van der Waals surface area (Å²) in [4.78, 5) is 9.72. The molecule has 9 aromatic rings. The summed E-state index contributed by atoms with van der Waals surface area (Å²) >= 11 is 0. The fraction of sp³-hybridized carbons (Fsp3) is 0.0192. The standard InChI is InChI=1S/C52H39N3/c1-5-14-47(15-6-1)54(48-16-7-2-8-17-48)38-41-28-31-42-34-39(26-29-43(42)36-41)24-25-40-27-30-45-37-46(33-32-44(45)35-40)51-22-13-23-52(53-51)55(49-18-9-3-10-19-49)50-20-11-4-12-21-50/h1-37H,38H2/b25-24+. The van der Waals surface area contributed by atoms with E-state index in [-0.39, 0.29) is 0 Å². The van der Waals surface area contributed by atoms with E-state index in [0.717, 1.165) is 35.0 Å². The molecular formula is C52H39N3. The summed E-state index contributed by atoms with van der Waals surface area (Å²) in [5.41, 5.74) is 10.1. The fourth-order valence-electron chi connectivity index (χ4n) is 7.24. The minimum absolute atomic E-state index is 0.791. The third-order valence-corrected chi connectivity index (χ3v) is 10.0. The van der Waals surface area contributed by atoms with E-state index < -0.39 is 0 Å². The lowest BCUT2D eigenvalue weighted by Gasteiger charge is -2.25. The third-order valence-electron chi connectivity index (χ3n) is 10.0. The van der Waals surface area contributed by atoms with Crippen LogP contribution in [-0.4, -0.2) is 4.98 Å². The summed E-state index contributed by atoms with van der Waals surface area (Å²) in [5.74, 6) is 0.877. The number of rotatable bonds is 10. The maximum atomic E-state index is 5.16. The van der Waals surface area contributed by atoms with Crippen LogP contribution in [-0.2, 0) is 6.54 Å². The molecule has 0 saturated carbocycles. The number of pyridine rings is 1. The minimum Gasteiger partial charge on any atom is -0.337 e. The van der Waals surface area contributed by atoms with Crippen LogP contribution >= 0.6 is 0 Å². The van der Waals surface area contributed by atoms with Gasteiger partial charge in [-0.15, -0.1) is 0 Å². The van der Waals surface area contributed by atoms with Gasteiger partial charge in [-0.2, -0.15) is 0 Å². The van der Waals surface area contributed by atoms with Crippen LogP contribution in [0.15, 0.2) is 212 Å². The van der Waals surface area contributed by atoms with E-state index in [9.17, 15) is 0 Å². The summed E-state index contributed by atoms with van der Waals surface area (Å²) in [7, 11) is 0. The molecule has 0 aliphatic heterocycles. The number of hydrogen-bond acceptors (Lipinski definition) is 3. The maximum absolute atomic E-state index is 5.16. The summed E-state index contributed by atoms with van der Waals surface area (Å²) in [5, 5.41) is 4.86.